The first kappa shape index (κ1) is 12.2. The van der Waals surface area contributed by atoms with Gasteiger partial charge < -0.3 is 14.2 Å². The van der Waals surface area contributed by atoms with Crippen molar-refractivity contribution in [1.82, 2.24) is 0 Å². The monoisotopic (exact) mass is 236 g/mol. The maximum atomic E-state index is 5.84. The summed E-state index contributed by atoms with van der Waals surface area (Å²) in [5.74, 6) is 2.05. The second kappa shape index (κ2) is 4.96. The molecule has 1 aliphatic heterocycles. The van der Waals surface area contributed by atoms with Gasteiger partial charge in [0.15, 0.2) is 11.5 Å². The Balaban J connectivity index is 2.47. The van der Waals surface area contributed by atoms with E-state index in [1.54, 1.807) is 14.2 Å². The molecule has 3 heteroatoms. The van der Waals surface area contributed by atoms with Crippen molar-refractivity contribution in [2.24, 2.45) is 5.92 Å². The van der Waals surface area contributed by atoms with Gasteiger partial charge in [0, 0.05) is 0 Å². The van der Waals surface area contributed by atoms with Crippen molar-refractivity contribution in [2.75, 3.05) is 20.8 Å². The minimum absolute atomic E-state index is 0.165. The Bertz CT molecular complexity index is 399. The summed E-state index contributed by atoms with van der Waals surface area (Å²) >= 11 is 0. The highest BCUT2D eigenvalue weighted by Crippen LogP contribution is 2.39. The van der Waals surface area contributed by atoms with Crippen LogP contribution in [-0.2, 0) is 11.2 Å². The van der Waals surface area contributed by atoms with E-state index in [1.807, 2.05) is 0 Å². The lowest BCUT2D eigenvalue weighted by atomic mass is 9.90. The standard InChI is InChI=1S/C14H20O3/c1-9(2)14-11-8-13(16-4)12(15-3)7-10(11)5-6-17-14/h7-9,14H,5-6H2,1-4H3. The molecule has 0 radical (unpaired) electrons. The molecule has 1 heterocycles. The van der Waals surface area contributed by atoms with Crippen LogP contribution >= 0.6 is 0 Å². The third kappa shape index (κ3) is 2.25. The Morgan fingerprint density at radius 3 is 2.41 bits per heavy atom. The Kier molecular flexibility index (Phi) is 3.57. The largest absolute Gasteiger partial charge is 0.493 e. The number of hydrogen-bond acceptors (Lipinski definition) is 3. The molecule has 0 saturated heterocycles. The van der Waals surface area contributed by atoms with Crippen molar-refractivity contribution in [2.45, 2.75) is 26.4 Å². The van der Waals surface area contributed by atoms with Crippen LogP contribution in [0.3, 0.4) is 0 Å². The van der Waals surface area contributed by atoms with Gasteiger partial charge in [0.2, 0.25) is 0 Å². The number of benzene rings is 1. The Morgan fingerprint density at radius 2 is 1.82 bits per heavy atom. The fourth-order valence-electron chi connectivity index (χ4n) is 2.36. The number of methoxy groups -OCH3 is 2. The minimum atomic E-state index is 0.165. The molecule has 0 aliphatic carbocycles. The zero-order chi connectivity index (χ0) is 12.4. The quantitative estimate of drug-likeness (QED) is 0.807. The molecule has 0 spiro atoms. The molecule has 94 valence electrons. The maximum absolute atomic E-state index is 5.84. The molecular weight excluding hydrogens is 216 g/mol. The third-order valence-electron chi connectivity index (χ3n) is 3.23. The Hall–Kier alpha value is -1.22. The zero-order valence-electron chi connectivity index (χ0n) is 10.9. The van der Waals surface area contributed by atoms with Crippen molar-refractivity contribution >= 4 is 0 Å². The van der Waals surface area contributed by atoms with Crippen molar-refractivity contribution in [1.29, 1.82) is 0 Å². The van der Waals surface area contributed by atoms with Crippen molar-refractivity contribution in [3.63, 3.8) is 0 Å². The van der Waals surface area contributed by atoms with Crippen LogP contribution in [-0.4, -0.2) is 20.8 Å². The van der Waals surface area contributed by atoms with E-state index in [-0.39, 0.29) is 6.10 Å². The average molecular weight is 236 g/mol. The zero-order valence-corrected chi connectivity index (χ0v) is 10.9. The van der Waals surface area contributed by atoms with Crippen LogP contribution in [0.1, 0.15) is 31.1 Å². The summed E-state index contributed by atoms with van der Waals surface area (Å²) in [6.07, 6.45) is 1.11. The summed E-state index contributed by atoms with van der Waals surface area (Å²) in [6.45, 7) is 5.14. The molecule has 17 heavy (non-hydrogen) atoms. The normalized spacial score (nSPS) is 19.0. The number of fused-ring (bicyclic) bond motifs is 1. The van der Waals surface area contributed by atoms with E-state index in [4.69, 9.17) is 14.2 Å². The maximum Gasteiger partial charge on any atom is 0.161 e. The van der Waals surface area contributed by atoms with Crippen LogP contribution in [0.25, 0.3) is 0 Å². The van der Waals surface area contributed by atoms with E-state index in [0.29, 0.717) is 5.92 Å². The number of hydrogen-bond donors (Lipinski definition) is 0. The van der Waals surface area contributed by atoms with Crippen LogP contribution in [0.2, 0.25) is 0 Å². The molecule has 0 saturated carbocycles. The molecule has 0 aromatic heterocycles. The third-order valence-corrected chi connectivity index (χ3v) is 3.23. The van der Waals surface area contributed by atoms with E-state index < -0.39 is 0 Å². The highest BCUT2D eigenvalue weighted by atomic mass is 16.5. The number of rotatable bonds is 3. The van der Waals surface area contributed by atoms with Crippen molar-refractivity contribution in [3.05, 3.63) is 23.3 Å². The van der Waals surface area contributed by atoms with Gasteiger partial charge >= 0.3 is 0 Å². The van der Waals surface area contributed by atoms with Gasteiger partial charge in [-0.2, -0.15) is 0 Å². The van der Waals surface area contributed by atoms with Crippen molar-refractivity contribution in [3.8, 4) is 11.5 Å². The second-order valence-corrected chi connectivity index (χ2v) is 4.69. The first-order valence-electron chi connectivity index (χ1n) is 6.03. The van der Waals surface area contributed by atoms with Crippen LogP contribution < -0.4 is 9.47 Å². The first-order chi connectivity index (χ1) is 8.17. The van der Waals surface area contributed by atoms with E-state index >= 15 is 0 Å². The van der Waals surface area contributed by atoms with Gasteiger partial charge in [-0.05, 0) is 35.6 Å². The Labute approximate surface area is 103 Å². The summed E-state index contributed by atoms with van der Waals surface area (Å²) in [7, 11) is 3.34. The number of ether oxygens (including phenoxy) is 3. The van der Waals surface area contributed by atoms with Gasteiger partial charge in [-0.1, -0.05) is 13.8 Å². The van der Waals surface area contributed by atoms with Gasteiger partial charge in [0.05, 0.1) is 26.9 Å². The molecule has 1 aromatic rings. The second-order valence-electron chi connectivity index (χ2n) is 4.69. The summed E-state index contributed by atoms with van der Waals surface area (Å²) in [6, 6.07) is 4.13. The molecule has 3 nitrogen and oxygen atoms in total. The summed E-state index contributed by atoms with van der Waals surface area (Å²) in [4.78, 5) is 0. The van der Waals surface area contributed by atoms with Gasteiger partial charge in [0.1, 0.15) is 0 Å². The van der Waals surface area contributed by atoms with Crippen LogP contribution in [0.15, 0.2) is 12.1 Å². The molecule has 0 amide bonds. The first-order valence-corrected chi connectivity index (χ1v) is 6.03. The molecule has 0 N–H and O–H groups in total. The van der Waals surface area contributed by atoms with Crippen molar-refractivity contribution < 1.29 is 14.2 Å². The van der Waals surface area contributed by atoms with Crippen LogP contribution in [0.5, 0.6) is 11.5 Å². The predicted octanol–water partition coefficient (Wildman–Crippen LogP) is 2.97. The highest BCUT2D eigenvalue weighted by molar-refractivity contribution is 5.49. The molecule has 1 unspecified atom stereocenters. The fraction of sp³-hybridized carbons (Fsp3) is 0.571. The molecule has 1 aliphatic rings. The summed E-state index contributed by atoms with van der Waals surface area (Å²) in [5.41, 5.74) is 2.55. The lowest BCUT2D eigenvalue weighted by Crippen LogP contribution is -2.20. The molecule has 1 aromatic carbocycles. The molecule has 0 bridgehead atoms. The predicted molar refractivity (Wildman–Crippen MR) is 66.8 cm³/mol. The minimum Gasteiger partial charge on any atom is -0.493 e. The lowest BCUT2D eigenvalue weighted by molar-refractivity contribution is 0.0111. The molecular formula is C14H20O3. The van der Waals surface area contributed by atoms with Gasteiger partial charge in [-0.15, -0.1) is 0 Å². The molecule has 0 fully saturated rings. The van der Waals surface area contributed by atoms with Gasteiger partial charge in [0.25, 0.3) is 0 Å². The van der Waals surface area contributed by atoms with E-state index in [2.05, 4.69) is 26.0 Å². The smallest absolute Gasteiger partial charge is 0.161 e. The van der Waals surface area contributed by atoms with E-state index in [9.17, 15) is 0 Å². The average Bonchev–Trinajstić information content (AvgIpc) is 2.35. The summed E-state index contributed by atoms with van der Waals surface area (Å²) < 4.78 is 16.5. The summed E-state index contributed by atoms with van der Waals surface area (Å²) in [5, 5.41) is 0. The fourth-order valence-corrected chi connectivity index (χ4v) is 2.36. The molecule has 1 atom stereocenters. The van der Waals surface area contributed by atoms with Crippen LogP contribution in [0, 0.1) is 5.92 Å². The van der Waals surface area contributed by atoms with E-state index in [1.165, 1.54) is 11.1 Å². The lowest BCUT2D eigenvalue weighted by Gasteiger charge is -2.29. The van der Waals surface area contributed by atoms with Gasteiger partial charge in [-0.3, -0.25) is 0 Å². The van der Waals surface area contributed by atoms with Crippen LogP contribution in [0.4, 0.5) is 0 Å². The Morgan fingerprint density at radius 1 is 1.18 bits per heavy atom. The highest BCUT2D eigenvalue weighted by Gasteiger charge is 2.25. The van der Waals surface area contributed by atoms with Gasteiger partial charge in [-0.25, -0.2) is 0 Å². The molecule has 2 rings (SSSR count). The van der Waals surface area contributed by atoms with E-state index in [0.717, 1.165) is 24.5 Å². The SMILES string of the molecule is COc1cc2c(cc1OC)C(C(C)C)OCC2. The topological polar surface area (TPSA) is 27.7 Å².